The zero-order chi connectivity index (χ0) is 15.0. The van der Waals surface area contributed by atoms with Gasteiger partial charge in [-0.15, -0.1) is 0 Å². The molecule has 0 spiro atoms. The van der Waals surface area contributed by atoms with Gasteiger partial charge in [-0.1, -0.05) is 64.0 Å². The molecule has 0 heterocycles. The second-order valence-corrected chi connectivity index (χ2v) is 6.15. The largest absolute Gasteiger partial charge is 0.289 e. The van der Waals surface area contributed by atoms with Crippen molar-refractivity contribution in [1.82, 2.24) is 0 Å². The van der Waals surface area contributed by atoms with Gasteiger partial charge < -0.3 is 0 Å². The quantitative estimate of drug-likeness (QED) is 0.568. The van der Waals surface area contributed by atoms with Crippen molar-refractivity contribution in [2.75, 3.05) is 0 Å². The van der Waals surface area contributed by atoms with Crippen LogP contribution in [0.1, 0.15) is 27.0 Å². The van der Waals surface area contributed by atoms with Crippen LogP contribution in [-0.4, -0.2) is 5.78 Å². The van der Waals surface area contributed by atoms with Crippen LogP contribution in [-0.2, 0) is 0 Å². The third kappa shape index (κ3) is 2.52. The molecule has 3 aromatic rings. The highest BCUT2D eigenvalue weighted by Gasteiger charge is 2.17. The molecule has 0 aliphatic rings. The molecular weight excluding hydrogens is 324 g/mol. The first kappa shape index (κ1) is 14.0. The van der Waals surface area contributed by atoms with Gasteiger partial charge in [0.05, 0.1) is 0 Å². The molecule has 3 aromatic carbocycles. The highest BCUT2D eigenvalue weighted by Crippen LogP contribution is 2.28. The summed E-state index contributed by atoms with van der Waals surface area (Å²) in [5.41, 5.74) is 3.60. The highest BCUT2D eigenvalue weighted by atomic mass is 79.9. The molecule has 0 atom stereocenters. The summed E-state index contributed by atoms with van der Waals surface area (Å²) in [6.45, 7) is 3.99. The first-order valence-corrected chi connectivity index (χ1v) is 7.66. The lowest BCUT2D eigenvalue weighted by Crippen LogP contribution is -2.06. The van der Waals surface area contributed by atoms with Crippen molar-refractivity contribution >= 4 is 32.5 Å². The van der Waals surface area contributed by atoms with Crippen molar-refractivity contribution in [1.29, 1.82) is 0 Å². The van der Waals surface area contributed by atoms with Gasteiger partial charge in [0.2, 0.25) is 0 Å². The molecule has 104 valence electrons. The number of halogens is 1. The summed E-state index contributed by atoms with van der Waals surface area (Å²) in [5.74, 6) is 0.0693. The Morgan fingerprint density at radius 3 is 2.52 bits per heavy atom. The van der Waals surface area contributed by atoms with Gasteiger partial charge in [0.1, 0.15) is 0 Å². The Morgan fingerprint density at radius 2 is 1.71 bits per heavy atom. The molecule has 0 amide bonds. The number of fused-ring (bicyclic) bond motifs is 1. The van der Waals surface area contributed by atoms with Gasteiger partial charge in [-0.25, -0.2) is 0 Å². The fourth-order valence-corrected chi connectivity index (χ4v) is 3.06. The summed E-state index contributed by atoms with van der Waals surface area (Å²) in [4.78, 5) is 13.0. The molecule has 0 aliphatic carbocycles. The van der Waals surface area contributed by atoms with Crippen molar-refractivity contribution < 1.29 is 4.79 Å². The maximum Gasteiger partial charge on any atom is 0.195 e. The van der Waals surface area contributed by atoms with Crippen molar-refractivity contribution in [2.24, 2.45) is 0 Å². The smallest absolute Gasteiger partial charge is 0.195 e. The predicted molar refractivity (Wildman–Crippen MR) is 91.0 cm³/mol. The minimum atomic E-state index is 0.0693. The van der Waals surface area contributed by atoms with E-state index in [1.807, 2.05) is 62.4 Å². The standard InChI is InChI=1S/C19H15BrO/c1-12-7-10-17(20)16(11-12)19(21)18-13(2)8-9-14-5-3-4-6-15(14)18/h3-11H,1-2H3. The van der Waals surface area contributed by atoms with E-state index >= 15 is 0 Å². The van der Waals surface area contributed by atoms with Gasteiger partial charge in [-0.3, -0.25) is 4.79 Å². The van der Waals surface area contributed by atoms with E-state index in [0.717, 1.165) is 37.5 Å². The molecule has 0 fully saturated rings. The van der Waals surface area contributed by atoms with Gasteiger partial charge in [-0.2, -0.15) is 0 Å². The Balaban J connectivity index is 2.27. The molecule has 0 aliphatic heterocycles. The zero-order valence-corrected chi connectivity index (χ0v) is 13.6. The Hall–Kier alpha value is -1.93. The Kier molecular flexibility index (Phi) is 3.64. The average Bonchev–Trinajstić information content (AvgIpc) is 2.49. The first-order chi connectivity index (χ1) is 10.1. The van der Waals surface area contributed by atoms with E-state index in [1.165, 1.54) is 0 Å². The number of carbonyl (C=O) groups is 1. The van der Waals surface area contributed by atoms with E-state index in [-0.39, 0.29) is 5.78 Å². The van der Waals surface area contributed by atoms with Gasteiger partial charge in [0.25, 0.3) is 0 Å². The maximum atomic E-state index is 13.0. The summed E-state index contributed by atoms with van der Waals surface area (Å²) < 4.78 is 0.838. The molecule has 0 unspecified atom stereocenters. The van der Waals surface area contributed by atoms with E-state index in [1.54, 1.807) is 0 Å². The average molecular weight is 339 g/mol. The van der Waals surface area contributed by atoms with Gasteiger partial charge in [0, 0.05) is 15.6 Å². The topological polar surface area (TPSA) is 17.1 Å². The van der Waals surface area contributed by atoms with E-state index in [2.05, 4.69) is 22.0 Å². The minimum absolute atomic E-state index is 0.0693. The zero-order valence-electron chi connectivity index (χ0n) is 12.0. The van der Waals surface area contributed by atoms with Gasteiger partial charge >= 0.3 is 0 Å². The van der Waals surface area contributed by atoms with E-state index < -0.39 is 0 Å². The van der Waals surface area contributed by atoms with Gasteiger partial charge in [-0.05, 0) is 42.3 Å². The maximum absolute atomic E-state index is 13.0. The highest BCUT2D eigenvalue weighted by molar-refractivity contribution is 9.10. The fraction of sp³-hybridized carbons (Fsp3) is 0.105. The van der Waals surface area contributed by atoms with Crippen LogP contribution in [0.4, 0.5) is 0 Å². The second kappa shape index (κ2) is 5.45. The molecule has 3 rings (SSSR count). The molecular formula is C19H15BrO. The number of hydrogen-bond acceptors (Lipinski definition) is 1. The third-order valence-electron chi connectivity index (χ3n) is 3.73. The lowest BCUT2D eigenvalue weighted by Gasteiger charge is -2.11. The van der Waals surface area contributed by atoms with Crippen LogP contribution < -0.4 is 0 Å². The monoisotopic (exact) mass is 338 g/mol. The van der Waals surface area contributed by atoms with E-state index in [9.17, 15) is 4.79 Å². The predicted octanol–water partition coefficient (Wildman–Crippen LogP) is 5.45. The lowest BCUT2D eigenvalue weighted by molar-refractivity contribution is 0.103. The second-order valence-electron chi connectivity index (χ2n) is 5.29. The molecule has 0 radical (unpaired) electrons. The summed E-state index contributed by atoms with van der Waals surface area (Å²) in [6.07, 6.45) is 0. The van der Waals surface area contributed by atoms with Crippen molar-refractivity contribution in [3.05, 3.63) is 81.3 Å². The molecule has 0 saturated heterocycles. The Bertz CT molecular complexity index is 849. The molecule has 2 heteroatoms. The van der Waals surface area contributed by atoms with Crippen LogP contribution in [0, 0.1) is 13.8 Å². The first-order valence-electron chi connectivity index (χ1n) is 6.87. The minimum Gasteiger partial charge on any atom is -0.289 e. The van der Waals surface area contributed by atoms with E-state index in [0.29, 0.717) is 0 Å². The van der Waals surface area contributed by atoms with E-state index in [4.69, 9.17) is 0 Å². The summed E-state index contributed by atoms with van der Waals surface area (Å²) >= 11 is 3.50. The van der Waals surface area contributed by atoms with Crippen molar-refractivity contribution in [2.45, 2.75) is 13.8 Å². The van der Waals surface area contributed by atoms with Gasteiger partial charge in [0.15, 0.2) is 5.78 Å². The lowest BCUT2D eigenvalue weighted by atomic mass is 9.93. The number of rotatable bonds is 2. The SMILES string of the molecule is Cc1ccc(Br)c(C(=O)c2c(C)ccc3ccccc23)c1. The van der Waals surface area contributed by atoms with Crippen LogP contribution in [0.25, 0.3) is 10.8 Å². The van der Waals surface area contributed by atoms with Crippen molar-refractivity contribution in [3.8, 4) is 0 Å². The third-order valence-corrected chi connectivity index (χ3v) is 4.42. The summed E-state index contributed by atoms with van der Waals surface area (Å²) in [5, 5.41) is 2.10. The molecule has 21 heavy (non-hydrogen) atoms. The Morgan fingerprint density at radius 1 is 0.952 bits per heavy atom. The van der Waals surface area contributed by atoms with Crippen LogP contribution >= 0.6 is 15.9 Å². The van der Waals surface area contributed by atoms with Crippen LogP contribution in [0.15, 0.2) is 59.1 Å². The number of ketones is 1. The molecule has 0 saturated carbocycles. The molecule has 1 nitrogen and oxygen atoms in total. The normalized spacial score (nSPS) is 10.8. The number of aryl methyl sites for hydroxylation is 2. The molecule has 0 bridgehead atoms. The summed E-state index contributed by atoms with van der Waals surface area (Å²) in [7, 11) is 0. The van der Waals surface area contributed by atoms with Crippen LogP contribution in [0.5, 0.6) is 0 Å². The Labute approximate surface area is 132 Å². The van der Waals surface area contributed by atoms with Crippen LogP contribution in [0.3, 0.4) is 0 Å². The molecule has 0 N–H and O–H groups in total. The van der Waals surface area contributed by atoms with Crippen LogP contribution in [0.2, 0.25) is 0 Å². The molecule has 0 aromatic heterocycles. The van der Waals surface area contributed by atoms with Crippen molar-refractivity contribution in [3.63, 3.8) is 0 Å². The summed E-state index contributed by atoms with van der Waals surface area (Å²) in [6, 6.07) is 18.0. The number of carbonyl (C=O) groups excluding carboxylic acids is 1. The fourth-order valence-electron chi connectivity index (χ4n) is 2.63. The number of hydrogen-bond donors (Lipinski definition) is 0. The number of benzene rings is 3.